The third-order valence-electron chi connectivity index (χ3n) is 8.22. The van der Waals surface area contributed by atoms with E-state index in [1.165, 1.54) is 0 Å². The number of aromatic amines is 2. The standard InChI is InChI=1S/C34H34N4O4.Sb.3H/c1-7-21-17(3)25-13-26-19(5)23(9-11-33(39)40)31(37-26)16-32-24(10-12-34(41)42)20(6)28(38-32)15-30-22(8-2)18(4)27(36-30)14-29(21)35-25;;;;/h7-8,13-16,35,38H,1-2,9-12H2,3-6H3,(H,39,40)(H,41,42);;;;. The molecule has 0 aromatic carbocycles. The molecule has 3 aromatic heterocycles. The number of carboxylic acids is 2. The molecule has 4 N–H and O–H groups in total. The summed E-state index contributed by atoms with van der Waals surface area (Å²) in [5.74, 6) is -1.76. The van der Waals surface area contributed by atoms with Gasteiger partial charge in [-0.3, -0.25) is 9.59 Å². The van der Waals surface area contributed by atoms with E-state index in [0.29, 0.717) is 18.5 Å². The van der Waals surface area contributed by atoms with E-state index >= 15 is 0 Å². The van der Waals surface area contributed by atoms with E-state index in [4.69, 9.17) is 9.97 Å². The molecule has 43 heavy (non-hydrogen) atoms. The molecule has 222 valence electrons. The minimum atomic E-state index is -0.883. The molecule has 0 atom stereocenters. The Morgan fingerprint density at radius 3 is 1.91 bits per heavy atom. The fourth-order valence-corrected chi connectivity index (χ4v) is 5.77. The number of nitrogens with one attached hydrogen (secondary N) is 2. The van der Waals surface area contributed by atoms with E-state index in [2.05, 4.69) is 23.1 Å². The minimum absolute atomic E-state index is 0. The van der Waals surface area contributed by atoms with Gasteiger partial charge in [-0.1, -0.05) is 25.3 Å². The van der Waals surface area contributed by atoms with Crippen LogP contribution in [0.4, 0.5) is 0 Å². The molecule has 0 spiro atoms. The summed E-state index contributed by atoms with van der Waals surface area (Å²) >= 11 is 0. The van der Waals surface area contributed by atoms with Crippen LogP contribution in [0.1, 0.15) is 78.1 Å². The Morgan fingerprint density at radius 2 is 1.26 bits per heavy atom. The van der Waals surface area contributed by atoms with Crippen LogP contribution in [-0.4, -0.2) is 66.5 Å². The summed E-state index contributed by atoms with van der Waals surface area (Å²) in [7, 11) is 0. The summed E-state index contributed by atoms with van der Waals surface area (Å²) in [6, 6.07) is 7.88. The van der Waals surface area contributed by atoms with Gasteiger partial charge in [0.15, 0.2) is 0 Å². The first-order valence-electron chi connectivity index (χ1n) is 13.9. The molecule has 0 fully saturated rings. The van der Waals surface area contributed by atoms with Gasteiger partial charge >= 0.3 is 36.4 Å². The van der Waals surface area contributed by atoms with Crippen molar-refractivity contribution in [3.8, 4) is 0 Å². The van der Waals surface area contributed by atoms with Crippen LogP contribution >= 0.6 is 0 Å². The van der Waals surface area contributed by atoms with Gasteiger partial charge in [-0.15, -0.1) is 0 Å². The van der Waals surface area contributed by atoms with Crippen LogP contribution in [0.2, 0.25) is 0 Å². The van der Waals surface area contributed by atoms with Gasteiger partial charge in [-0.05, 0) is 98.2 Å². The van der Waals surface area contributed by atoms with Crippen LogP contribution in [0, 0.1) is 13.8 Å². The van der Waals surface area contributed by atoms with E-state index in [9.17, 15) is 19.8 Å². The number of carboxylic acid groups (broad SMARTS) is 2. The number of H-pyrrole nitrogens is 2. The molecule has 0 saturated heterocycles. The van der Waals surface area contributed by atoms with Gasteiger partial charge in [0, 0.05) is 46.0 Å². The Balaban J connectivity index is 0.00000423. The number of aliphatic carboxylic acids is 2. The predicted octanol–water partition coefficient (Wildman–Crippen LogP) is 6.32. The Kier molecular flexibility index (Phi) is 9.31. The summed E-state index contributed by atoms with van der Waals surface area (Å²) in [4.78, 5) is 40.0. The monoisotopic (exact) mass is 686 g/mol. The number of aryl methyl sites for hydroxylation is 3. The summed E-state index contributed by atoms with van der Waals surface area (Å²) in [6.07, 6.45) is 4.22. The van der Waals surface area contributed by atoms with Crippen LogP contribution in [0.3, 0.4) is 0 Å². The van der Waals surface area contributed by atoms with Gasteiger partial charge in [0.2, 0.25) is 0 Å². The normalized spacial score (nSPS) is 12.7. The third-order valence-corrected chi connectivity index (χ3v) is 8.22. The van der Waals surface area contributed by atoms with Crippen molar-refractivity contribution in [2.24, 2.45) is 0 Å². The van der Waals surface area contributed by atoms with Crippen LogP contribution in [-0.2, 0) is 16.0 Å². The molecule has 0 aliphatic carbocycles. The first-order chi connectivity index (χ1) is 20.0. The number of fused-ring (bicyclic) bond motifs is 8. The van der Waals surface area contributed by atoms with Gasteiger partial charge in [0.05, 0.1) is 22.8 Å². The van der Waals surface area contributed by atoms with Gasteiger partial charge < -0.3 is 20.2 Å². The van der Waals surface area contributed by atoms with Crippen molar-refractivity contribution in [3.05, 3.63) is 88.5 Å². The number of hydrogen-bond acceptors (Lipinski definition) is 4. The molecular formula is C34H37N4O4Sb. The molecule has 0 unspecified atom stereocenters. The Morgan fingerprint density at radius 1 is 0.721 bits per heavy atom. The first-order valence-corrected chi connectivity index (χ1v) is 13.9. The molecule has 2 aliphatic heterocycles. The molecule has 0 radical (unpaired) electrons. The van der Waals surface area contributed by atoms with Gasteiger partial charge in [-0.2, -0.15) is 0 Å². The number of hydrogen-bond donors (Lipinski definition) is 4. The van der Waals surface area contributed by atoms with Crippen molar-refractivity contribution in [1.29, 1.82) is 0 Å². The quantitative estimate of drug-likeness (QED) is 0.205. The third kappa shape index (κ3) is 6.02. The maximum absolute atomic E-state index is 11.5. The second kappa shape index (κ2) is 12.6. The van der Waals surface area contributed by atoms with E-state index < -0.39 is 11.9 Å². The topological polar surface area (TPSA) is 132 Å². The average molecular weight is 687 g/mol. The van der Waals surface area contributed by atoms with Gasteiger partial charge in [0.1, 0.15) is 0 Å². The molecule has 0 saturated carbocycles. The van der Waals surface area contributed by atoms with Gasteiger partial charge in [-0.25, -0.2) is 9.97 Å². The van der Waals surface area contributed by atoms with Crippen molar-refractivity contribution < 1.29 is 19.8 Å². The fourth-order valence-electron chi connectivity index (χ4n) is 5.77. The molecule has 2 aliphatic rings. The van der Waals surface area contributed by atoms with E-state index in [1.54, 1.807) is 6.08 Å². The molecule has 8 nitrogen and oxygen atoms in total. The van der Waals surface area contributed by atoms with Gasteiger partial charge in [0.25, 0.3) is 0 Å². The van der Waals surface area contributed by atoms with Crippen molar-refractivity contribution in [3.63, 3.8) is 0 Å². The van der Waals surface area contributed by atoms with Crippen molar-refractivity contribution >= 4 is 86.8 Å². The average Bonchev–Trinajstić information content (AvgIpc) is 3.59. The number of carbonyl (C=O) groups is 2. The number of allylic oxidation sites excluding steroid dienone is 5. The number of aromatic nitrogens is 4. The summed E-state index contributed by atoms with van der Waals surface area (Å²) < 4.78 is 0. The van der Waals surface area contributed by atoms with E-state index in [-0.39, 0.29) is 37.3 Å². The van der Waals surface area contributed by atoms with Crippen molar-refractivity contribution in [2.75, 3.05) is 0 Å². The fraction of sp³-hybridized carbons (Fsp3) is 0.235. The van der Waals surface area contributed by atoms with Crippen LogP contribution in [0.5, 0.6) is 0 Å². The van der Waals surface area contributed by atoms with E-state index in [0.717, 1.165) is 83.7 Å². The molecule has 0 amide bonds. The number of rotatable bonds is 8. The van der Waals surface area contributed by atoms with E-state index in [1.807, 2.05) is 58.0 Å². The van der Waals surface area contributed by atoms with Crippen LogP contribution < -0.4 is 0 Å². The first kappa shape index (κ1) is 31.8. The summed E-state index contributed by atoms with van der Waals surface area (Å²) in [5, 5.41) is 18.9. The predicted molar refractivity (Wildman–Crippen MR) is 179 cm³/mol. The SMILES string of the molecule is C=CC1=C(C)c2cc3[nH]c(cc4nc(cc5[nH]c(cc1n2)c(C)c5CCC(=O)O)C(CCC(=O)O)=C4C)c(C)c3C=C.[SbH3]. The Hall–Kier alpha value is -4.16. The molecule has 3 aromatic rings. The zero-order chi connectivity index (χ0) is 30.3. The second-order valence-corrected chi connectivity index (χ2v) is 10.7. The van der Waals surface area contributed by atoms with Crippen LogP contribution in [0.15, 0.2) is 43.5 Å². The second-order valence-electron chi connectivity index (χ2n) is 10.7. The molecule has 9 heteroatoms. The Bertz CT molecular complexity index is 1920. The Labute approximate surface area is 267 Å². The zero-order valence-corrected chi connectivity index (χ0v) is 29.1. The van der Waals surface area contributed by atoms with Crippen molar-refractivity contribution in [2.45, 2.75) is 53.4 Å². The summed E-state index contributed by atoms with van der Waals surface area (Å²) in [6.45, 7) is 16.0. The van der Waals surface area contributed by atoms with Crippen LogP contribution in [0.25, 0.3) is 50.4 Å². The molecular weight excluding hydrogens is 650 g/mol. The van der Waals surface area contributed by atoms with Crippen molar-refractivity contribution in [1.82, 2.24) is 19.9 Å². The zero-order valence-electron chi connectivity index (χ0n) is 25.0. The summed E-state index contributed by atoms with van der Waals surface area (Å²) in [5.41, 5.74) is 13.7. The number of nitrogens with zero attached hydrogens (tertiary/aromatic N) is 2. The molecule has 5 rings (SSSR count). The molecule has 5 heterocycles. The maximum atomic E-state index is 11.5. The molecule has 8 bridgehead atoms.